The van der Waals surface area contributed by atoms with E-state index in [1.54, 1.807) is 0 Å². The summed E-state index contributed by atoms with van der Waals surface area (Å²) in [5, 5.41) is 4.80. The first-order chi connectivity index (χ1) is 9.55. The van der Waals surface area contributed by atoms with Crippen molar-refractivity contribution in [3.8, 4) is 0 Å². The number of nitrogens with one attached hydrogen (secondary N) is 1. The Bertz CT molecular complexity index is 624. The number of aromatic nitrogens is 1. The van der Waals surface area contributed by atoms with Crippen molar-refractivity contribution in [3.05, 3.63) is 34.9 Å². The van der Waals surface area contributed by atoms with Crippen molar-refractivity contribution in [2.24, 2.45) is 0 Å². The maximum atomic E-state index is 4.63. The second-order valence-corrected chi connectivity index (χ2v) is 7.00. The lowest BCUT2D eigenvalue weighted by molar-refractivity contribution is 0.416. The van der Waals surface area contributed by atoms with Gasteiger partial charge in [-0.05, 0) is 54.9 Å². The number of hydrogen-bond acceptors (Lipinski definition) is 3. The largest absolute Gasteiger partial charge is 0.368 e. The first-order valence-electron chi connectivity index (χ1n) is 7.09. The lowest BCUT2D eigenvalue weighted by atomic mass is 10.0. The molecule has 0 saturated carbocycles. The van der Waals surface area contributed by atoms with Crippen molar-refractivity contribution in [1.29, 1.82) is 0 Å². The summed E-state index contributed by atoms with van der Waals surface area (Å²) in [4.78, 5) is 7.09. The molecule has 0 aliphatic carbocycles. The molecule has 1 N–H and O–H groups in total. The number of rotatable bonds is 1. The van der Waals surface area contributed by atoms with Crippen molar-refractivity contribution in [3.63, 3.8) is 0 Å². The Morgan fingerprint density at radius 1 is 1.35 bits per heavy atom. The van der Waals surface area contributed by atoms with Crippen LogP contribution in [0.15, 0.2) is 34.9 Å². The van der Waals surface area contributed by atoms with Gasteiger partial charge in [-0.15, -0.1) is 0 Å². The molecule has 2 aromatic rings. The number of anilines is 1. The van der Waals surface area contributed by atoms with Crippen LogP contribution in [0.3, 0.4) is 0 Å². The number of para-hydroxylation sites is 1. The molecule has 1 fully saturated rings. The van der Waals surface area contributed by atoms with Crippen LogP contribution >= 0.6 is 15.9 Å². The minimum atomic E-state index is 0.133. The molecule has 3 rings (SSSR count). The number of fused-ring (bicyclic) bond motifs is 1. The first kappa shape index (κ1) is 13.8. The second kappa shape index (κ2) is 5.34. The highest BCUT2D eigenvalue weighted by molar-refractivity contribution is 9.10. The van der Waals surface area contributed by atoms with Gasteiger partial charge in [0.2, 0.25) is 0 Å². The third-order valence-electron chi connectivity index (χ3n) is 3.79. The molecular formula is C16H20BrN3. The van der Waals surface area contributed by atoms with Gasteiger partial charge in [0.15, 0.2) is 0 Å². The van der Waals surface area contributed by atoms with Gasteiger partial charge in [-0.3, -0.25) is 4.98 Å². The number of hydrogen-bond donors (Lipinski definition) is 1. The minimum absolute atomic E-state index is 0.133. The van der Waals surface area contributed by atoms with E-state index in [9.17, 15) is 0 Å². The summed E-state index contributed by atoms with van der Waals surface area (Å²) in [7, 11) is 0. The lowest BCUT2D eigenvalue weighted by Gasteiger charge is -2.31. The molecule has 2 heterocycles. The summed E-state index contributed by atoms with van der Waals surface area (Å²) in [6, 6.07) is 8.56. The molecule has 20 heavy (non-hydrogen) atoms. The SMILES string of the molecule is CC1(C)CN(c2cccc3cc(Br)cnc23)CCCN1. The molecule has 1 aromatic carbocycles. The second-order valence-electron chi connectivity index (χ2n) is 6.09. The number of benzene rings is 1. The highest BCUT2D eigenvalue weighted by atomic mass is 79.9. The van der Waals surface area contributed by atoms with Gasteiger partial charge in [-0.1, -0.05) is 12.1 Å². The van der Waals surface area contributed by atoms with Gasteiger partial charge in [-0.2, -0.15) is 0 Å². The van der Waals surface area contributed by atoms with Gasteiger partial charge < -0.3 is 10.2 Å². The van der Waals surface area contributed by atoms with Gasteiger partial charge in [-0.25, -0.2) is 0 Å². The van der Waals surface area contributed by atoms with E-state index in [-0.39, 0.29) is 5.54 Å². The predicted octanol–water partition coefficient (Wildman–Crippen LogP) is 3.58. The van der Waals surface area contributed by atoms with Gasteiger partial charge in [0, 0.05) is 34.7 Å². The first-order valence-corrected chi connectivity index (χ1v) is 7.89. The van der Waals surface area contributed by atoms with Crippen molar-refractivity contribution in [2.45, 2.75) is 25.8 Å². The van der Waals surface area contributed by atoms with E-state index < -0.39 is 0 Å². The van der Waals surface area contributed by atoms with E-state index >= 15 is 0 Å². The lowest BCUT2D eigenvalue weighted by Crippen LogP contribution is -2.46. The predicted molar refractivity (Wildman–Crippen MR) is 88.4 cm³/mol. The third kappa shape index (κ3) is 2.81. The van der Waals surface area contributed by atoms with Crippen molar-refractivity contribution in [2.75, 3.05) is 24.5 Å². The average Bonchev–Trinajstić information content (AvgIpc) is 2.58. The molecule has 1 aliphatic rings. The third-order valence-corrected chi connectivity index (χ3v) is 4.23. The Labute approximate surface area is 128 Å². The highest BCUT2D eigenvalue weighted by Crippen LogP contribution is 2.28. The highest BCUT2D eigenvalue weighted by Gasteiger charge is 2.25. The molecule has 4 heteroatoms. The van der Waals surface area contributed by atoms with Crippen LogP contribution in [-0.2, 0) is 0 Å². The molecule has 106 valence electrons. The molecule has 0 bridgehead atoms. The normalized spacial score (nSPS) is 19.1. The Balaban J connectivity index is 2.04. The van der Waals surface area contributed by atoms with Crippen LogP contribution in [0, 0.1) is 0 Å². The fraction of sp³-hybridized carbons (Fsp3) is 0.438. The monoisotopic (exact) mass is 333 g/mol. The van der Waals surface area contributed by atoms with Crippen LogP contribution in [0.2, 0.25) is 0 Å². The summed E-state index contributed by atoms with van der Waals surface area (Å²) in [6.45, 7) is 7.69. The van der Waals surface area contributed by atoms with Gasteiger partial charge in [0.05, 0.1) is 11.2 Å². The molecule has 1 aliphatic heterocycles. The van der Waals surface area contributed by atoms with E-state index in [1.165, 1.54) is 11.1 Å². The maximum Gasteiger partial charge on any atom is 0.0936 e. The van der Waals surface area contributed by atoms with Crippen molar-refractivity contribution in [1.82, 2.24) is 10.3 Å². The maximum absolute atomic E-state index is 4.63. The topological polar surface area (TPSA) is 28.2 Å². The summed E-state index contributed by atoms with van der Waals surface area (Å²) in [6.07, 6.45) is 3.05. The van der Waals surface area contributed by atoms with E-state index in [4.69, 9.17) is 0 Å². The summed E-state index contributed by atoms with van der Waals surface area (Å²) in [5.74, 6) is 0. The van der Waals surface area contributed by atoms with E-state index in [0.29, 0.717) is 0 Å². The van der Waals surface area contributed by atoms with Gasteiger partial charge in [0.25, 0.3) is 0 Å². The van der Waals surface area contributed by atoms with Crippen molar-refractivity contribution >= 4 is 32.5 Å². The van der Waals surface area contributed by atoms with Crippen LogP contribution < -0.4 is 10.2 Å². The molecule has 0 radical (unpaired) electrons. The summed E-state index contributed by atoms with van der Waals surface area (Å²) >= 11 is 3.50. The molecule has 3 nitrogen and oxygen atoms in total. The zero-order valence-electron chi connectivity index (χ0n) is 12.0. The van der Waals surface area contributed by atoms with E-state index in [1.807, 2.05) is 6.20 Å². The number of pyridine rings is 1. The van der Waals surface area contributed by atoms with Gasteiger partial charge >= 0.3 is 0 Å². The van der Waals surface area contributed by atoms with Crippen LogP contribution in [0.1, 0.15) is 20.3 Å². The summed E-state index contributed by atoms with van der Waals surface area (Å²) in [5.41, 5.74) is 2.47. The van der Waals surface area contributed by atoms with E-state index in [0.717, 1.165) is 36.0 Å². The van der Waals surface area contributed by atoms with Crippen LogP contribution in [-0.4, -0.2) is 30.2 Å². The fourth-order valence-electron chi connectivity index (χ4n) is 2.89. The zero-order valence-corrected chi connectivity index (χ0v) is 13.6. The fourth-order valence-corrected chi connectivity index (χ4v) is 3.24. The number of nitrogens with zero attached hydrogens (tertiary/aromatic N) is 2. The van der Waals surface area contributed by atoms with Gasteiger partial charge in [0.1, 0.15) is 0 Å². The Morgan fingerprint density at radius 2 is 2.20 bits per heavy atom. The Hall–Kier alpha value is -1.13. The standard InChI is InChI=1S/C16H20BrN3/c1-16(2)11-20(8-4-7-19-16)14-6-3-5-12-9-13(17)10-18-15(12)14/h3,5-6,9-10,19H,4,7-8,11H2,1-2H3. The molecule has 0 spiro atoms. The Morgan fingerprint density at radius 3 is 3.05 bits per heavy atom. The Kier molecular flexibility index (Phi) is 3.69. The van der Waals surface area contributed by atoms with E-state index in [2.05, 4.69) is 69.2 Å². The quantitative estimate of drug-likeness (QED) is 0.864. The molecular weight excluding hydrogens is 314 g/mol. The summed E-state index contributed by atoms with van der Waals surface area (Å²) < 4.78 is 1.03. The molecule has 1 aromatic heterocycles. The van der Waals surface area contributed by atoms with Crippen LogP contribution in [0.5, 0.6) is 0 Å². The zero-order chi connectivity index (χ0) is 14.2. The average molecular weight is 334 g/mol. The molecule has 1 saturated heterocycles. The smallest absolute Gasteiger partial charge is 0.0936 e. The van der Waals surface area contributed by atoms with Crippen LogP contribution in [0.25, 0.3) is 10.9 Å². The van der Waals surface area contributed by atoms with Crippen LogP contribution in [0.4, 0.5) is 5.69 Å². The minimum Gasteiger partial charge on any atom is -0.368 e. The molecule has 0 unspecified atom stereocenters. The molecule has 0 amide bonds. The number of halogens is 1. The molecule has 0 atom stereocenters. The van der Waals surface area contributed by atoms with Crippen molar-refractivity contribution < 1.29 is 0 Å².